The van der Waals surface area contributed by atoms with Crippen molar-refractivity contribution in [1.82, 2.24) is 10.2 Å². The largest absolute Gasteiger partial charge is 0.336 e. The SMILES string of the molecule is C=CCN(C(=O)CC(C)NCC)C1CCCC1. The molecule has 17 heavy (non-hydrogen) atoms. The first kappa shape index (κ1) is 14.2. The predicted molar refractivity (Wildman–Crippen MR) is 71.9 cm³/mol. The first-order valence-electron chi connectivity index (χ1n) is 6.82. The van der Waals surface area contributed by atoms with E-state index in [0.29, 0.717) is 19.0 Å². The Morgan fingerprint density at radius 1 is 1.53 bits per heavy atom. The van der Waals surface area contributed by atoms with E-state index in [1.165, 1.54) is 12.8 Å². The monoisotopic (exact) mass is 238 g/mol. The predicted octanol–water partition coefficient (Wildman–Crippen LogP) is 2.33. The van der Waals surface area contributed by atoms with Crippen molar-refractivity contribution >= 4 is 5.91 Å². The molecule has 1 rings (SSSR count). The third-order valence-electron chi connectivity index (χ3n) is 3.45. The maximum Gasteiger partial charge on any atom is 0.224 e. The smallest absolute Gasteiger partial charge is 0.224 e. The number of nitrogens with zero attached hydrogens (tertiary/aromatic N) is 1. The van der Waals surface area contributed by atoms with Crippen molar-refractivity contribution < 1.29 is 4.79 Å². The van der Waals surface area contributed by atoms with E-state index < -0.39 is 0 Å². The molecule has 1 amide bonds. The molecule has 1 saturated carbocycles. The molecule has 98 valence electrons. The molecule has 0 heterocycles. The molecular formula is C14H26N2O. The molecule has 3 heteroatoms. The molecule has 0 saturated heterocycles. The second-order valence-corrected chi connectivity index (χ2v) is 4.94. The molecule has 0 aromatic rings. The van der Waals surface area contributed by atoms with Gasteiger partial charge in [0.2, 0.25) is 5.91 Å². The van der Waals surface area contributed by atoms with Crippen molar-refractivity contribution in [3.63, 3.8) is 0 Å². The highest BCUT2D eigenvalue weighted by molar-refractivity contribution is 5.77. The molecule has 1 aliphatic rings. The second-order valence-electron chi connectivity index (χ2n) is 4.94. The van der Waals surface area contributed by atoms with Gasteiger partial charge >= 0.3 is 0 Å². The number of nitrogens with one attached hydrogen (secondary N) is 1. The molecule has 1 aliphatic carbocycles. The fraction of sp³-hybridized carbons (Fsp3) is 0.786. The first-order valence-corrected chi connectivity index (χ1v) is 6.82. The van der Waals surface area contributed by atoms with Crippen LogP contribution in [0.5, 0.6) is 0 Å². The molecule has 0 aliphatic heterocycles. The van der Waals surface area contributed by atoms with E-state index >= 15 is 0 Å². The zero-order valence-electron chi connectivity index (χ0n) is 11.2. The lowest BCUT2D eigenvalue weighted by atomic mass is 10.1. The Labute approximate surface area is 105 Å². The van der Waals surface area contributed by atoms with E-state index in [2.05, 4.69) is 25.7 Å². The molecule has 0 aromatic carbocycles. The van der Waals surface area contributed by atoms with Gasteiger partial charge in [-0.2, -0.15) is 0 Å². The van der Waals surface area contributed by atoms with Gasteiger partial charge in [-0.05, 0) is 26.3 Å². The fourth-order valence-corrected chi connectivity index (χ4v) is 2.61. The number of rotatable bonds is 7. The lowest BCUT2D eigenvalue weighted by Gasteiger charge is -2.29. The van der Waals surface area contributed by atoms with Crippen LogP contribution in [-0.4, -0.2) is 36.0 Å². The van der Waals surface area contributed by atoms with Crippen molar-refractivity contribution in [3.05, 3.63) is 12.7 Å². The van der Waals surface area contributed by atoms with Gasteiger partial charge in [0, 0.05) is 25.0 Å². The lowest BCUT2D eigenvalue weighted by molar-refractivity contribution is -0.133. The van der Waals surface area contributed by atoms with Gasteiger partial charge in [-0.1, -0.05) is 25.8 Å². The molecule has 1 unspecified atom stereocenters. The topological polar surface area (TPSA) is 32.3 Å². The van der Waals surface area contributed by atoms with E-state index in [0.717, 1.165) is 19.4 Å². The van der Waals surface area contributed by atoms with Crippen LogP contribution in [0.25, 0.3) is 0 Å². The maximum absolute atomic E-state index is 12.2. The standard InChI is InChI=1S/C14H26N2O/c1-4-10-16(13-8-6-7-9-13)14(17)11-12(3)15-5-2/h4,12-13,15H,1,5-11H2,2-3H3. The van der Waals surface area contributed by atoms with Crippen molar-refractivity contribution in [3.8, 4) is 0 Å². The summed E-state index contributed by atoms with van der Waals surface area (Å²) in [7, 11) is 0. The molecule has 1 fully saturated rings. The summed E-state index contributed by atoms with van der Waals surface area (Å²) in [4.78, 5) is 14.3. The highest BCUT2D eigenvalue weighted by Gasteiger charge is 2.26. The summed E-state index contributed by atoms with van der Waals surface area (Å²) >= 11 is 0. The highest BCUT2D eigenvalue weighted by atomic mass is 16.2. The van der Waals surface area contributed by atoms with Crippen LogP contribution in [0.15, 0.2) is 12.7 Å². The van der Waals surface area contributed by atoms with Gasteiger partial charge in [-0.3, -0.25) is 4.79 Å². The van der Waals surface area contributed by atoms with Crippen molar-refractivity contribution in [1.29, 1.82) is 0 Å². The normalized spacial score (nSPS) is 18.0. The van der Waals surface area contributed by atoms with E-state index in [-0.39, 0.29) is 11.9 Å². The molecule has 3 nitrogen and oxygen atoms in total. The van der Waals surface area contributed by atoms with E-state index in [9.17, 15) is 4.79 Å². The molecular weight excluding hydrogens is 212 g/mol. The number of hydrogen-bond acceptors (Lipinski definition) is 2. The average Bonchev–Trinajstić information content (AvgIpc) is 2.79. The van der Waals surface area contributed by atoms with Crippen LogP contribution in [0.3, 0.4) is 0 Å². The minimum Gasteiger partial charge on any atom is -0.336 e. The molecule has 0 radical (unpaired) electrons. The number of carbonyl (C=O) groups excluding carboxylic acids is 1. The van der Waals surface area contributed by atoms with Gasteiger partial charge in [-0.25, -0.2) is 0 Å². The second kappa shape index (κ2) is 7.49. The Morgan fingerprint density at radius 2 is 2.18 bits per heavy atom. The summed E-state index contributed by atoms with van der Waals surface area (Å²) in [6.45, 7) is 9.51. The summed E-state index contributed by atoms with van der Waals surface area (Å²) in [5.74, 6) is 0.269. The van der Waals surface area contributed by atoms with Crippen LogP contribution >= 0.6 is 0 Å². The number of carbonyl (C=O) groups is 1. The zero-order valence-corrected chi connectivity index (χ0v) is 11.2. The van der Waals surface area contributed by atoms with Crippen LogP contribution in [0, 0.1) is 0 Å². The summed E-state index contributed by atoms with van der Waals surface area (Å²) in [5.41, 5.74) is 0. The van der Waals surface area contributed by atoms with Crippen LogP contribution < -0.4 is 5.32 Å². The van der Waals surface area contributed by atoms with Crippen molar-refractivity contribution in [2.75, 3.05) is 13.1 Å². The van der Waals surface area contributed by atoms with Crippen LogP contribution in [0.2, 0.25) is 0 Å². The summed E-state index contributed by atoms with van der Waals surface area (Å²) in [6.07, 6.45) is 7.28. The van der Waals surface area contributed by atoms with Gasteiger partial charge in [-0.15, -0.1) is 6.58 Å². The van der Waals surface area contributed by atoms with Gasteiger partial charge in [0.25, 0.3) is 0 Å². The van der Waals surface area contributed by atoms with Crippen molar-refractivity contribution in [2.45, 2.75) is 58.0 Å². The van der Waals surface area contributed by atoms with Crippen LogP contribution in [-0.2, 0) is 4.79 Å². The van der Waals surface area contributed by atoms with E-state index in [1.807, 2.05) is 11.0 Å². The molecule has 0 spiro atoms. The Bertz CT molecular complexity index is 247. The van der Waals surface area contributed by atoms with Gasteiger partial charge < -0.3 is 10.2 Å². The summed E-state index contributed by atoms with van der Waals surface area (Å²) < 4.78 is 0. The molecule has 1 N–H and O–H groups in total. The Kier molecular flexibility index (Phi) is 6.27. The van der Waals surface area contributed by atoms with Crippen LogP contribution in [0.1, 0.15) is 46.0 Å². The summed E-state index contributed by atoms with van der Waals surface area (Å²) in [6, 6.07) is 0.718. The Balaban J connectivity index is 2.50. The van der Waals surface area contributed by atoms with E-state index in [1.54, 1.807) is 0 Å². The third-order valence-corrected chi connectivity index (χ3v) is 3.45. The van der Waals surface area contributed by atoms with E-state index in [4.69, 9.17) is 0 Å². The number of hydrogen-bond donors (Lipinski definition) is 1. The van der Waals surface area contributed by atoms with Crippen LogP contribution in [0.4, 0.5) is 0 Å². The van der Waals surface area contributed by atoms with Gasteiger partial charge in [0.15, 0.2) is 0 Å². The van der Waals surface area contributed by atoms with Gasteiger partial charge in [0.05, 0.1) is 0 Å². The molecule has 0 aromatic heterocycles. The minimum absolute atomic E-state index is 0.265. The lowest BCUT2D eigenvalue weighted by Crippen LogP contribution is -2.42. The number of amides is 1. The molecule has 1 atom stereocenters. The Morgan fingerprint density at radius 3 is 2.71 bits per heavy atom. The van der Waals surface area contributed by atoms with Crippen molar-refractivity contribution in [2.24, 2.45) is 0 Å². The minimum atomic E-state index is 0.265. The quantitative estimate of drug-likeness (QED) is 0.690. The Hall–Kier alpha value is -0.830. The zero-order chi connectivity index (χ0) is 12.7. The van der Waals surface area contributed by atoms with Gasteiger partial charge in [0.1, 0.15) is 0 Å². The average molecular weight is 238 g/mol. The molecule has 0 bridgehead atoms. The maximum atomic E-state index is 12.2. The fourth-order valence-electron chi connectivity index (χ4n) is 2.61. The summed E-state index contributed by atoms with van der Waals surface area (Å²) in [5, 5.41) is 3.29. The first-order chi connectivity index (χ1) is 8.19. The third kappa shape index (κ3) is 4.50. The highest BCUT2D eigenvalue weighted by Crippen LogP contribution is 2.24.